The topological polar surface area (TPSA) is 54.0 Å². The van der Waals surface area contributed by atoms with E-state index in [-0.39, 0.29) is 5.04 Å². The highest BCUT2D eigenvalue weighted by Crippen LogP contribution is 2.39. The zero-order valence-corrected chi connectivity index (χ0v) is 19.4. The molecule has 0 amide bonds. The molecule has 0 aliphatic carbocycles. The van der Waals surface area contributed by atoms with E-state index in [4.69, 9.17) is 18.5 Å². The Morgan fingerprint density at radius 3 is 2.04 bits per heavy atom. The van der Waals surface area contributed by atoms with E-state index in [1.54, 1.807) is 6.07 Å². The van der Waals surface area contributed by atoms with Crippen molar-refractivity contribution in [2.45, 2.75) is 77.8 Å². The number of rotatable bonds is 4. The Bertz CT molecular complexity index is 706. The Kier molecular flexibility index (Phi) is 5.65. The lowest BCUT2D eigenvalue weighted by atomic mass is 9.78. The van der Waals surface area contributed by atoms with Crippen molar-refractivity contribution in [2.24, 2.45) is 0 Å². The van der Waals surface area contributed by atoms with Crippen molar-refractivity contribution < 1.29 is 23.3 Å². The minimum atomic E-state index is -2.10. The summed E-state index contributed by atoms with van der Waals surface area (Å²) >= 11 is 0. The molecule has 0 bridgehead atoms. The van der Waals surface area contributed by atoms with Crippen LogP contribution in [0.25, 0.3) is 0 Å². The molecule has 150 valence electrons. The largest absolute Gasteiger partial charge is 0.543 e. The molecule has 0 N–H and O–H groups in total. The molecule has 0 atom stereocenters. The maximum absolute atomic E-state index is 12.4. The van der Waals surface area contributed by atoms with Crippen molar-refractivity contribution in [1.29, 1.82) is 0 Å². The second-order valence-corrected chi connectivity index (χ2v) is 14.4. The van der Waals surface area contributed by atoms with Gasteiger partial charge in [0.2, 0.25) is 0 Å². The summed E-state index contributed by atoms with van der Waals surface area (Å²) in [5, 5.41) is 0.0186. The molecule has 0 radical (unpaired) electrons. The van der Waals surface area contributed by atoms with Crippen LogP contribution in [0.2, 0.25) is 18.1 Å². The van der Waals surface area contributed by atoms with Crippen molar-refractivity contribution in [3.05, 3.63) is 23.8 Å². The summed E-state index contributed by atoms with van der Waals surface area (Å²) in [5.41, 5.74) is 0.282. The van der Waals surface area contributed by atoms with E-state index in [9.17, 15) is 4.79 Å². The summed E-state index contributed by atoms with van der Waals surface area (Å²) in [4.78, 5) is 12.4. The first-order valence-electron chi connectivity index (χ1n) is 9.38. The van der Waals surface area contributed by atoms with Crippen LogP contribution in [0.4, 0.5) is 0 Å². The highest BCUT2D eigenvalue weighted by atomic mass is 28.4. The van der Waals surface area contributed by atoms with Gasteiger partial charge in [0.25, 0.3) is 8.32 Å². The normalized spacial score (nSPS) is 19.1. The number of methoxy groups -OCH3 is 1. The van der Waals surface area contributed by atoms with E-state index >= 15 is 0 Å². The van der Waals surface area contributed by atoms with Crippen molar-refractivity contribution in [2.75, 3.05) is 7.11 Å². The molecule has 5 nitrogen and oxygen atoms in total. The van der Waals surface area contributed by atoms with Gasteiger partial charge in [-0.3, -0.25) is 0 Å². The number of benzene rings is 1. The van der Waals surface area contributed by atoms with Gasteiger partial charge in [-0.05, 0) is 63.4 Å². The lowest BCUT2D eigenvalue weighted by molar-refractivity contribution is 0.00578. The zero-order valence-electron chi connectivity index (χ0n) is 18.4. The van der Waals surface area contributed by atoms with E-state index in [1.165, 1.54) is 7.11 Å². The Hall–Kier alpha value is -1.31. The molecule has 1 aromatic rings. The van der Waals surface area contributed by atoms with Gasteiger partial charge in [0.15, 0.2) is 0 Å². The first kappa shape index (κ1) is 22.0. The van der Waals surface area contributed by atoms with Crippen LogP contribution in [0.1, 0.15) is 58.8 Å². The van der Waals surface area contributed by atoms with Gasteiger partial charge in [-0.15, -0.1) is 0 Å². The number of hydrogen-bond acceptors (Lipinski definition) is 5. The maximum atomic E-state index is 12.4. The minimum Gasteiger partial charge on any atom is -0.543 e. The number of carbonyl (C=O) groups is 1. The van der Waals surface area contributed by atoms with Crippen LogP contribution in [0, 0.1) is 0 Å². The molecular formula is C20H33BO5Si. The van der Waals surface area contributed by atoms with Gasteiger partial charge in [0, 0.05) is 0 Å². The molecule has 2 rings (SSSR count). The average molecular weight is 392 g/mol. The first-order chi connectivity index (χ1) is 12.1. The van der Waals surface area contributed by atoms with E-state index < -0.39 is 32.6 Å². The van der Waals surface area contributed by atoms with Gasteiger partial charge in [0.1, 0.15) is 5.75 Å². The molecule has 1 aliphatic heterocycles. The molecule has 1 saturated heterocycles. The summed E-state index contributed by atoms with van der Waals surface area (Å²) in [7, 11) is -1.27. The summed E-state index contributed by atoms with van der Waals surface area (Å²) in [6.45, 7) is 18.8. The minimum absolute atomic E-state index is 0.0186. The van der Waals surface area contributed by atoms with Crippen LogP contribution in [0.5, 0.6) is 5.75 Å². The highest BCUT2D eigenvalue weighted by Gasteiger charge is 2.52. The van der Waals surface area contributed by atoms with Gasteiger partial charge in [-0.2, -0.15) is 0 Å². The van der Waals surface area contributed by atoms with Crippen molar-refractivity contribution in [1.82, 2.24) is 0 Å². The van der Waals surface area contributed by atoms with Crippen LogP contribution < -0.4 is 9.89 Å². The molecule has 7 heteroatoms. The molecular weight excluding hydrogens is 359 g/mol. The summed E-state index contributed by atoms with van der Waals surface area (Å²) in [5.74, 6) is 0.121. The fourth-order valence-corrected chi connectivity index (χ4v) is 3.49. The van der Waals surface area contributed by atoms with Gasteiger partial charge in [0.05, 0.1) is 23.9 Å². The number of ether oxygens (including phenoxy) is 1. The lowest BCUT2D eigenvalue weighted by Crippen LogP contribution is -2.44. The molecule has 0 aromatic heterocycles. The monoisotopic (exact) mass is 392 g/mol. The van der Waals surface area contributed by atoms with Crippen LogP contribution in [-0.2, 0) is 14.0 Å². The molecule has 1 aromatic carbocycles. The third kappa shape index (κ3) is 4.25. The number of carbonyl (C=O) groups excluding carboxylic acids is 1. The molecule has 1 aliphatic rings. The maximum Gasteiger partial charge on any atom is 0.494 e. The van der Waals surface area contributed by atoms with Gasteiger partial charge >= 0.3 is 13.1 Å². The smallest absolute Gasteiger partial charge is 0.494 e. The summed E-state index contributed by atoms with van der Waals surface area (Å²) < 4.78 is 23.6. The van der Waals surface area contributed by atoms with E-state index in [1.807, 2.05) is 39.8 Å². The zero-order chi connectivity index (χ0) is 20.8. The third-order valence-electron chi connectivity index (χ3n) is 6.11. The second-order valence-electron chi connectivity index (χ2n) is 9.70. The van der Waals surface area contributed by atoms with Crippen LogP contribution in [0.15, 0.2) is 18.2 Å². The predicted molar refractivity (Wildman–Crippen MR) is 111 cm³/mol. The van der Waals surface area contributed by atoms with Gasteiger partial charge < -0.3 is 18.5 Å². The Balaban J connectivity index is 2.42. The average Bonchev–Trinajstić information content (AvgIpc) is 2.73. The summed E-state index contributed by atoms with van der Waals surface area (Å²) in [6, 6.07) is 5.49. The van der Waals surface area contributed by atoms with Crippen LogP contribution >= 0.6 is 0 Å². The van der Waals surface area contributed by atoms with E-state index in [0.717, 1.165) is 5.46 Å². The molecule has 0 saturated carbocycles. The predicted octanol–water partition coefficient (Wildman–Crippen LogP) is 4.16. The van der Waals surface area contributed by atoms with E-state index in [0.29, 0.717) is 11.3 Å². The van der Waals surface area contributed by atoms with Crippen molar-refractivity contribution in [3.63, 3.8) is 0 Å². The second kappa shape index (κ2) is 6.94. The Morgan fingerprint density at radius 1 is 1.07 bits per heavy atom. The molecule has 0 unspecified atom stereocenters. The Labute approximate surface area is 165 Å². The van der Waals surface area contributed by atoms with Crippen LogP contribution in [0.3, 0.4) is 0 Å². The van der Waals surface area contributed by atoms with Gasteiger partial charge in [-0.25, -0.2) is 4.79 Å². The third-order valence-corrected chi connectivity index (χ3v) is 10.4. The molecule has 1 fully saturated rings. The van der Waals surface area contributed by atoms with Crippen LogP contribution in [-0.4, -0.2) is 39.7 Å². The standard InChI is InChI=1S/C20H33BO5Si/c1-18(2,3)27(9,10)24-16-12-11-14(13-15(16)17(22)23-8)21-25-19(4,5)20(6,7)26-21/h11-13H,1-10H3. The molecule has 0 spiro atoms. The molecule has 1 heterocycles. The molecule has 27 heavy (non-hydrogen) atoms. The fourth-order valence-electron chi connectivity index (χ4n) is 2.46. The van der Waals surface area contributed by atoms with E-state index in [2.05, 4.69) is 33.9 Å². The van der Waals surface area contributed by atoms with Gasteiger partial charge in [-0.1, -0.05) is 26.8 Å². The lowest BCUT2D eigenvalue weighted by Gasteiger charge is -2.37. The number of hydrogen-bond donors (Lipinski definition) is 0. The fraction of sp³-hybridized carbons (Fsp3) is 0.650. The van der Waals surface area contributed by atoms with Crippen molar-refractivity contribution in [3.8, 4) is 5.75 Å². The Morgan fingerprint density at radius 2 is 1.59 bits per heavy atom. The van der Waals surface area contributed by atoms with Crippen molar-refractivity contribution >= 4 is 26.9 Å². The SMILES string of the molecule is COC(=O)c1cc(B2OC(C)(C)C(C)(C)O2)ccc1O[Si](C)(C)C(C)(C)C. The first-order valence-corrected chi connectivity index (χ1v) is 12.3. The highest BCUT2D eigenvalue weighted by molar-refractivity contribution is 6.74. The number of esters is 1. The quantitative estimate of drug-likeness (QED) is 0.569. The summed E-state index contributed by atoms with van der Waals surface area (Å²) in [6.07, 6.45) is 0.